The topological polar surface area (TPSA) is 66.3 Å². The van der Waals surface area contributed by atoms with Crippen molar-refractivity contribution in [1.29, 1.82) is 0 Å². The van der Waals surface area contributed by atoms with Gasteiger partial charge >= 0.3 is 0 Å². The number of halogens is 1. The lowest BCUT2D eigenvalue weighted by atomic mass is 10.2. The number of carbonyl (C=O) groups is 1. The SMILES string of the molecule is CCCCN(CCO)c1nc(C)nc(Cl)c1C=O. The maximum Gasteiger partial charge on any atom is 0.156 e. The van der Waals surface area contributed by atoms with Gasteiger partial charge in [-0.05, 0) is 13.3 Å². The molecule has 0 aliphatic carbocycles. The molecule has 100 valence electrons. The van der Waals surface area contributed by atoms with Crippen LogP contribution in [-0.2, 0) is 0 Å². The van der Waals surface area contributed by atoms with E-state index in [1.807, 2.05) is 4.90 Å². The van der Waals surface area contributed by atoms with Gasteiger partial charge in [-0.2, -0.15) is 0 Å². The Hall–Kier alpha value is -1.20. The number of carbonyl (C=O) groups excluding carboxylic acids is 1. The number of aryl methyl sites for hydroxylation is 1. The molecule has 0 radical (unpaired) electrons. The molecule has 0 unspecified atom stereocenters. The van der Waals surface area contributed by atoms with Gasteiger partial charge in [0.15, 0.2) is 6.29 Å². The zero-order valence-electron chi connectivity index (χ0n) is 10.7. The molecule has 0 atom stereocenters. The van der Waals surface area contributed by atoms with Crippen LogP contribution in [0.4, 0.5) is 5.82 Å². The van der Waals surface area contributed by atoms with Crippen molar-refractivity contribution in [1.82, 2.24) is 9.97 Å². The number of aromatic nitrogens is 2. The molecule has 1 N–H and O–H groups in total. The van der Waals surface area contributed by atoms with E-state index in [4.69, 9.17) is 16.7 Å². The van der Waals surface area contributed by atoms with Gasteiger partial charge in [-0.3, -0.25) is 4.79 Å². The van der Waals surface area contributed by atoms with Crippen LogP contribution in [0.5, 0.6) is 0 Å². The number of hydrogen-bond donors (Lipinski definition) is 1. The Labute approximate surface area is 112 Å². The molecule has 0 aromatic carbocycles. The quantitative estimate of drug-likeness (QED) is 0.606. The highest BCUT2D eigenvalue weighted by Crippen LogP contribution is 2.23. The standard InChI is InChI=1S/C12H18ClN3O2/c1-3-4-5-16(6-7-17)12-10(8-18)11(13)14-9(2)15-12/h8,17H,3-7H2,1-2H3. The van der Waals surface area contributed by atoms with Crippen molar-refractivity contribution in [2.75, 3.05) is 24.6 Å². The van der Waals surface area contributed by atoms with Gasteiger partial charge in [0.1, 0.15) is 16.8 Å². The van der Waals surface area contributed by atoms with E-state index in [-0.39, 0.29) is 17.3 Å². The molecule has 5 nitrogen and oxygen atoms in total. The Morgan fingerprint density at radius 2 is 2.11 bits per heavy atom. The largest absolute Gasteiger partial charge is 0.395 e. The number of rotatable bonds is 7. The van der Waals surface area contributed by atoms with Crippen molar-refractivity contribution in [2.24, 2.45) is 0 Å². The zero-order valence-corrected chi connectivity index (χ0v) is 11.4. The molecular formula is C12H18ClN3O2. The first-order valence-electron chi connectivity index (χ1n) is 5.99. The summed E-state index contributed by atoms with van der Waals surface area (Å²) in [6, 6.07) is 0. The number of hydrogen-bond acceptors (Lipinski definition) is 5. The van der Waals surface area contributed by atoms with Crippen LogP contribution < -0.4 is 4.90 Å². The summed E-state index contributed by atoms with van der Waals surface area (Å²) in [5.74, 6) is 1.02. The number of aldehydes is 1. The minimum Gasteiger partial charge on any atom is -0.395 e. The molecule has 0 saturated heterocycles. The zero-order chi connectivity index (χ0) is 13.5. The smallest absolute Gasteiger partial charge is 0.156 e. The third-order valence-corrected chi connectivity index (χ3v) is 2.85. The summed E-state index contributed by atoms with van der Waals surface area (Å²) < 4.78 is 0. The maximum absolute atomic E-state index is 11.1. The average Bonchev–Trinajstić information content (AvgIpc) is 2.33. The molecular weight excluding hydrogens is 254 g/mol. The van der Waals surface area contributed by atoms with Crippen molar-refractivity contribution in [3.63, 3.8) is 0 Å². The fraction of sp³-hybridized carbons (Fsp3) is 0.583. The minimum absolute atomic E-state index is 0.00266. The van der Waals surface area contributed by atoms with E-state index in [0.717, 1.165) is 19.4 Å². The molecule has 18 heavy (non-hydrogen) atoms. The van der Waals surface area contributed by atoms with E-state index in [1.165, 1.54) is 0 Å². The van der Waals surface area contributed by atoms with Crippen molar-refractivity contribution in [2.45, 2.75) is 26.7 Å². The summed E-state index contributed by atoms with van der Waals surface area (Å²) in [4.78, 5) is 21.2. The van der Waals surface area contributed by atoms with Gasteiger partial charge in [-0.25, -0.2) is 9.97 Å². The number of anilines is 1. The van der Waals surface area contributed by atoms with Gasteiger partial charge in [0, 0.05) is 13.1 Å². The second kappa shape index (κ2) is 7.28. The van der Waals surface area contributed by atoms with E-state index < -0.39 is 0 Å². The van der Waals surface area contributed by atoms with Crippen molar-refractivity contribution < 1.29 is 9.90 Å². The van der Waals surface area contributed by atoms with E-state index in [2.05, 4.69) is 16.9 Å². The maximum atomic E-state index is 11.1. The summed E-state index contributed by atoms with van der Waals surface area (Å²) >= 11 is 5.94. The Bertz CT molecular complexity index is 413. The summed E-state index contributed by atoms with van der Waals surface area (Å²) in [5, 5.41) is 9.25. The summed E-state index contributed by atoms with van der Waals surface area (Å²) in [6.07, 6.45) is 2.64. The first-order chi connectivity index (χ1) is 8.63. The highest BCUT2D eigenvalue weighted by atomic mass is 35.5. The van der Waals surface area contributed by atoms with Crippen LogP contribution in [0.2, 0.25) is 5.15 Å². The monoisotopic (exact) mass is 271 g/mol. The van der Waals surface area contributed by atoms with Crippen LogP contribution in [0.1, 0.15) is 35.9 Å². The number of unbranched alkanes of at least 4 members (excludes halogenated alkanes) is 1. The van der Waals surface area contributed by atoms with E-state index in [9.17, 15) is 4.79 Å². The normalized spacial score (nSPS) is 10.4. The molecule has 0 bridgehead atoms. The average molecular weight is 272 g/mol. The van der Waals surface area contributed by atoms with Crippen LogP contribution >= 0.6 is 11.6 Å². The van der Waals surface area contributed by atoms with Gasteiger partial charge in [0.05, 0.1) is 12.2 Å². The molecule has 6 heteroatoms. The highest BCUT2D eigenvalue weighted by molar-refractivity contribution is 6.32. The fourth-order valence-electron chi connectivity index (χ4n) is 1.67. The third kappa shape index (κ3) is 3.65. The van der Waals surface area contributed by atoms with E-state index in [1.54, 1.807) is 6.92 Å². The summed E-state index contributed by atoms with van der Waals surface area (Å²) in [5.41, 5.74) is 0.284. The molecule has 0 aliphatic heterocycles. The molecule has 0 aliphatic rings. The lowest BCUT2D eigenvalue weighted by molar-refractivity contribution is 0.112. The molecule has 1 aromatic heterocycles. The predicted molar refractivity (Wildman–Crippen MR) is 71.4 cm³/mol. The summed E-state index contributed by atoms with van der Waals surface area (Å²) in [7, 11) is 0. The lowest BCUT2D eigenvalue weighted by Crippen LogP contribution is -2.30. The fourth-order valence-corrected chi connectivity index (χ4v) is 1.92. The van der Waals surface area contributed by atoms with Gasteiger partial charge in [0.25, 0.3) is 0 Å². The third-order valence-electron chi connectivity index (χ3n) is 2.56. The number of aliphatic hydroxyl groups excluding tert-OH is 1. The Balaban J connectivity index is 3.12. The van der Waals surface area contributed by atoms with Gasteiger partial charge < -0.3 is 10.0 Å². The predicted octanol–water partition coefficient (Wildman–Crippen LogP) is 1.85. The van der Waals surface area contributed by atoms with E-state index in [0.29, 0.717) is 24.5 Å². The van der Waals surface area contributed by atoms with Gasteiger partial charge in [-0.15, -0.1) is 0 Å². The van der Waals surface area contributed by atoms with Crippen molar-refractivity contribution in [3.05, 3.63) is 16.5 Å². The van der Waals surface area contributed by atoms with Crippen molar-refractivity contribution >= 4 is 23.7 Å². The first kappa shape index (κ1) is 14.9. The second-order valence-electron chi connectivity index (χ2n) is 3.98. The molecule has 0 spiro atoms. The van der Waals surface area contributed by atoms with Crippen molar-refractivity contribution in [3.8, 4) is 0 Å². The Kier molecular flexibility index (Phi) is 6.01. The molecule has 0 amide bonds. The van der Waals surface area contributed by atoms with Gasteiger partial charge in [0.2, 0.25) is 0 Å². The molecule has 0 fully saturated rings. The van der Waals surface area contributed by atoms with Gasteiger partial charge in [-0.1, -0.05) is 24.9 Å². The first-order valence-corrected chi connectivity index (χ1v) is 6.37. The van der Waals surface area contributed by atoms with Crippen LogP contribution in [0.15, 0.2) is 0 Å². The second-order valence-corrected chi connectivity index (χ2v) is 4.34. The van der Waals surface area contributed by atoms with Crippen LogP contribution in [0.25, 0.3) is 0 Å². The molecule has 1 heterocycles. The Morgan fingerprint density at radius 1 is 1.39 bits per heavy atom. The molecule has 0 saturated carbocycles. The molecule has 1 rings (SSSR count). The molecule has 1 aromatic rings. The lowest BCUT2D eigenvalue weighted by Gasteiger charge is -2.24. The van der Waals surface area contributed by atoms with Crippen LogP contribution in [-0.4, -0.2) is 41.1 Å². The number of aliphatic hydroxyl groups is 1. The Morgan fingerprint density at radius 3 is 2.67 bits per heavy atom. The number of nitrogens with zero attached hydrogens (tertiary/aromatic N) is 3. The highest BCUT2D eigenvalue weighted by Gasteiger charge is 2.16. The van der Waals surface area contributed by atoms with E-state index >= 15 is 0 Å². The van der Waals surface area contributed by atoms with Crippen LogP contribution in [0.3, 0.4) is 0 Å². The van der Waals surface area contributed by atoms with Crippen LogP contribution in [0, 0.1) is 6.92 Å². The minimum atomic E-state index is 0.00266. The summed E-state index contributed by atoms with van der Waals surface area (Å²) in [6.45, 7) is 4.96.